The van der Waals surface area contributed by atoms with Gasteiger partial charge in [-0.05, 0) is 19.9 Å². The number of carbonyl (C=O) groups excluding carboxylic acids is 1. The molecule has 1 aromatic rings. The van der Waals surface area contributed by atoms with E-state index in [2.05, 4.69) is 10.6 Å². The maximum Gasteiger partial charge on any atom is 0.293 e. The number of amides is 1. The first-order valence-electron chi connectivity index (χ1n) is 5.38. The number of nitro groups is 1. The van der Waals surface area contributed by atoms with Crippen LogP contribution in [0, 0.1) is 10.1 Å². The van der Waals surface area contributed by atoms with E-state index in [9.17, 15) is 14.9 Å². The third kappa shape index (κ3) is 3.89. The van der Waals surface area contributed by atoms with Crippen molar-refractivity contribution in [3.8, 4) is 0 Å². The lowest BCUT2D eigenvalue weighted by Gasteiger charge is -2.11. The number of hydrogen-bond acceptors (Lipinski definition) is 4. The van der Waals surface area contributed by atoms with E-state index in [-0.39, 0.29) is 34.9 Å². The molecule has 0 aromatic heterocycles. The Hall–Kier alpha value is -1.82. The van der Waals surface area contributed by atoms with Gasteiger partial charge in [0, 0.05) is 12.1 Å². The monoisotopic (exact) mass is 271 g/mol. The second kappa shape index (κ2) is 6.20. The minimum Gasteiger partial charge on any atom is -0.369 e. The van der Waals surface area contributed by atoms with E-state index in [4.69, 9.17) is 11.6 Å². The van der Waals surface area contributed by atoms with Gasteiger partial charge in [0.15, 0.2) is 0 Å². The van der Waals surface area contributed by atoms with Crippen LogP contribution in [0.2, 0.25) is 5.02 Å². The van der Waals surface area contributed by atoms with E-state index in [1.54, 1.807) is 0 Å². The van der Waals surface area contributed by atoms with Crippen LogP contribution in [-0.4, -0.2) is 23.4 Å². The highest BCUT2D eigenvalue weighted by Crippen LogP contribution is 2.31. The molecule has 0 unspecified atom stereocenters. The third-order valence-electron chi connectivity index (χ3n) is 2.06. The Balaban J connectivity index is 2.78. The summed E-state index contributed by atoms with van der Waals surface area (Å²) in [5, 5.41) is 16.4. The predicted molar refractivity (Wildman–Crippen MR) is 69.9 cm³/mol. The van der Waals surface area contributed by atoms with Crippen molar-refractivity contribution >= 4 is 28.9 Å². The number of para-hydroxylation sites is 1. The molecule has 0 radical (unpaired) electrons. The standard InChI is InChI=1S/C11H14ClN3O3/c1-7(2)14-10(16)6-13-11-8(12)4-3-5-9(11)15(17)18/h3-5,7,13H,6H2,1-2H3,(H,14,16). The van der Waals surface area contributed by atoms with E-state index in [0.717, 1.165) is 0 Å². The van der Waals surface area contributed by atoms with Crippen LogP contribution < -0.4 is 10.6 Å². The number of nitro benzene ring substituents is 1. The number of rotatable bonds is 5. The van der Waals surface area contributed by atoms with Crippen LogP contribution in [0.25, 0.3) is 0 Å². The Morgan fingerprint density at radius 1 is 1.50 bits per heavy atom. The number of hydrogen-bond donors (Lipinski definition) is 2. The van der Waals surface area contributed by atoms with Gasteiger partial charge in [0.1, 0.15) is 5.69 Å². The molecule has 2 N–H and O–H groups in total. The topological polar surface area (TPSA) is 84.3 Å². The molecule has 0 fully saturated rings. The molecule has 0 saturated carbocycles. The molecule has 18 heavy (non-hydrogen) atoms. The SMILES string of the molecule is CC(C)NC(=O)CNc1c(Cl)cccc1[N+](=O)[O-]. The van der Waals surface area contributed by atoms with Gasteiger partial charge < -0.3 is 10.6 Å². The molecule has 0 heterocycles. The van der Waals surface area contributed by atoms with Crippen molar-refractivity contribution < 1.29 is 9.72 Å². The average molecular weight is 272 g/mol. The first kappa shape index (κ1) is 14.2. The lowest BCUT2D eigenvalue weighted by Crippen LogP contribution is -2.34. The maximum atomic E-state index is 11.4. The molecule has 0 aliphatic heterocycles. The fourth-order valence-corrected chi connectivity index (χ4v) is 1.62. The molecule has 0 spiro atoms. The highest BCUT2D eigenvalue weighted by molar-refractivity contribution is 6.33. The molecule has 1 amide bonds. The van der Waals surface area contributed by atoms with Crippen LogP contribution in [-0.2, 0) is 4.79 Å². The van der Waals surface area contributed by atoms with Crippen LogP contribution in [0.5, 0.6) is 0 Å². The van der Waals surface area contributed by atoms with Gasteiger partial charge in [0.25, 0.3) is 5.69 Å². The number of benzene rings is 1. The van der Waals surface area contributed by atoms with Crippen LogP contribution in [0.3, 0.4) is 0 Å². The van der Waals surface area contributed by atoms with Crippen molar-refractivity contribution in [1.82, 2.24) is 5.32 Å². The molecule has 0 aliphatic carbocycles. The lowest BCUT2D eigenvalue weighted by molar-refractivity contribution is -0.383. The second-order valence-electron chi connectivity index (χ2n) is 3.97. The molecule has 98 valence electrons. The number of nitrogens with zero attached hydrogens (tertiary/aromatic N) is 1. The molecule has 7 heteroatoms. The van der Waals surface area contributed by atoms with Crippen molar-refractivity contribution in [2.24, 2.45) is 0 Å². The maximum absolute atomic E-state index is 11.4. The summed E-state index contributed by atoms with van der Waals surface area (Å²) in [6.45, 7) is 3.59. The Morgan fingerprint density at radius 3 is 2.72 bits per heavy atom. The minimum absolute atomic E-state index is 0.0144. The van der Waals surface area contributed by atoms with Crippen LogP contribution in [0.4, 0.5) is 11.4 Å². The second-order valence-corrected chi connectivity index (χ2v) is 4.37. The van der Waals surface area contributed by atoms with Gasteiger partial charge >= 0.3 is 0 Å². The fourth-order valence-electron chi connectivity index (χ4n) is 1.38. The predicted octanol–water partition coefficient (Wildman–Crippen LogP) is 2.18. The summed E-state index contributed by atoms with van der Waals surface area (Å²) < 4.78 is 0. The molecular formula is C11H14ClN3O3. The molecular weight excluding hydrogens is 258 g/mol. The van der Waals surface area contributed by atoms with Gasteiger partial charge in [-0.3, -0.25) is 14.9 Å². The zero-order valence-corrected chi connectivity index (χ0v) is 10.8. The van der Waals surface area contributed by atoms with E-state index in [0.29, 0.717) is 0 Å². The first-order valence-corrected chi connectivity index (χ1v) is 5.75. The van der Waals surface area contributed by atoms with Crippen molar-refractivity contribution in [2.45, 2.75) is 19.9 Å². The summed E-state index contributed by atoms with van der Waals surface area (Å²) >= 11 is 5.86. The third-order valence-corrected chi connectivity index (χ3v) is 2.38. The Morgan fingerprint density at radius 2 is 2.17 bits per heavy atom. The fraction of sp³-hybridized carbons (Fsp3) is 0.364. The van der Waals surface area contributed by atoms with E-state index < -0.39 is 4.92 Å². The van der Waals surface area contributed by atoms with Crippen molar-refractivity contribution in [1.29, 1.82) is 0 Å². The van der Waals surface area contributed by atoms with E-state index >= 15 is 0 Å². The van der Waals surface area contributed by atoms with Crippen molar-refractivity contribution in [3.05, 3.63) is 33.3 Å². The van der Waals surface area contributed by atoms with Gasteiger partial charge in [-0.25, -0.2) is 0 Å². The Bertz CT molecular complexity index is 463. The van der Waals surface area contributed by atoms with Gasteiger partial charge in [-0.2, -0.15) is 0 Å². The van der Waals surface area contributed by atoms with Crippen LogP contribution >= 0.6 is 11.6 Å². The molecule has 0 bridgehead atoms. The molecule has 0 aliphatic rings. The van der Waals surface area contributed by atoms with E-state index in [1.807, 2.05) is 13.8 Å². The quantitative estimate of drug-likeness (QED) is 0.635. The summed E-state index contributed by atoms with van der Waals surface area (Å²) in [5.74, 6) is -0.251. The minimum atomic E-state index is -0.547. The zero-order chi connectivity index (χ0) is 13.7. The Kier molecular flexibility index (Phi) is 4.91. The van der Waals surface area contributed by atoms with Gasteiger partial charge in [0.05, 0.1) is 16.5 Å². The first-order chi connectivity index (χ1) is 8.41. The van der Waals surface area contributed by atoms with Gasteiger partial charge in [0.2, 0.25) is 5.91 Å². The molecule has 0 saturated heterocycles. The number of carbonyl (C=O) groups is 1. The van der Waals surface area contributed by atoms with E-state index in [1.165, 1.54) is 18.2 Å². The summed E-state index contributed by atoms with van der Waals surface area (Å²) in [6, 6.07) is 4.35. The lowest BCUT2D eigenvalue weighted by atomic mass is 10.2. The number of anilines is 1. The summed E-state index contributed by atoms with van der Waals surface area (Å²) in [6.07, 6.45) is 0. The van der Waals surface area contributed by atoms with Crippen LogP contribution in [0.1, 0.15) is 13.8 Å². The summed E-state index contributed by atoms with van der Waals surface area (Å²) in [5.41, 5.74) is 0.00270. The molecule has 6 nitrogen and oxygen atoms in total. The molecule has 0 atom stereocenters. The molecule has 1 rings (SSSR count). The van der Waals surface area contributed by atoms with Gasteiger partial charge in [-0.1, -0.05) is 17.7 Å². The van der Waals surface area contributed by atoms with Crippen molar-refractivity contribution in [2.75, 3.05) is 11.9 Å². The smallest absolute Gasteiger partial charge is 0.293 e. The zero-order valence-electron chi connectivity index (χ0n) is 10.1. The normalized spacial score (nSPS) is 10.2. The Labute approximate surface area is 109 Å². The number of nitrogens with one attached hydrogen (secondary N) is 2. The van der Waals surface area contributed by atoms with Crippen molar-refractivity contribution in [3.63, 3.8) is 0 Å². The largest absolute Gasteiger partial charge is 0.369 e. The summed E-state index contributed by atoms with van der Waals surface area (Å²) in [4.78, 5) is 21.7. The highest BCUT2D eigenvalue weighted by Gasteiger charge is 2.17. The average Bonchev–Trinajstić information content (AvgIpc) is 2.25. The number of halogens is 1. The summed E-state index contributed by atoms with van der Waals surface area (Å²) in [7, 11) is 0. The highest BCUT2D eigenvalue weighted by atomic mass is 35.5. The van der Waals surface area contributed by atoms with Gasteiger partial charge in [-0.15, -0.1) is 0 Å². The van der Waals surface area contributed by atoms with Crippen LogP contribution in [0.15, 0.2) is 18.2 Å². The molecule has 1 aromatic carbocycles.